The summed E-state index contributed by atoms with van der Waals surface area (Å²) in [7, 11) is 0. The van der Waals surface area contributed by atoms with Crippen LogP contribution in [0.25, 0.3) is 99.2 Å². The lowest BCUT2D eigenvalue weighted by Crippen LogP contribution is -2.46. The van der Waals surface area contributed by atoms with Gasteiger partial charge in [0.1, 0.15) is 50.7 Å². The van der Waals surface area contributed by atoms with Gasteiger partial charge in [-0.2, -0.15) is 0 Å². The molecule has 0 spiro atoms. The van der Waals surface area contributed by atoms with Crippen molar-refractivity contribution in [2.24, 2.45) is 5.92 Å². The van der Waals surface area contributed by atoms with Gasteiger partial charge in [-0.15, -0.1) is 0 Å². The van der Waals surface area contributed by atoms with E-state index in [1.807, 2.05) is 42.5 Å². The van der Waals surface area contributed by atoms with E-state index in [1.165, 1.54) is 69.8 Å². The van der Waals surface area contributed by atoms with Crippen LogP contribution in [0.3, 0.4) is 0 Å². The second-order valence-electron chi connectivity index (χ2n) is 26.7. The topological polar surface area (TPSA) is 255 Å². The number of para-hydroxylation sites is 3. The van der Waals surface area contributed by atoms with Gasteiger partial charge in [-0.3, -0.25) is 14.7 Å². The summed E-state index contributed by atoms with van der Waals surface area (Å²) in [6.07, 6.45) is 14.3. The second-order valence-corrected chi connectivity index (χ2v) is 26.7. The molecule has 4 aliphatic rings. The summed E-state index contributed by atoms with van der Waals surface area (Å²) in [6.45, 7) is 11.7. The summed E-state index contributed by atoms with van der Waals surface area (Å²) in [6, 6.07) is 41.4. The van der Waals surface area contributed by atoms with Crippen LogP contribution in [0, 0.1) is 5.92 Å². The second kappa shape index (κ2) is 29.1. The molecular weight excluding hydrogens is 1260 g/mol. The van der Waals surface area contributed by atoms with Crippen molar-refractivity contribution >= 4 is 65.8 Å². The Labute approximate surface area is 568 Å². The Kier molecular flexibility index (Phi) is 19.4. The Morgan fingerprint density at radius 3 is 1.06 bits per heavy atom. The summed E-state index contributed by atoms with van der Waals surface area (Å²) >= 11 is 0. The van der Waals surface area contributed by atoms with Crippen molar-refractivity contribution in [3.05, 3.63) is 225 Å². The first kappa shape index (κ1) is 66.1. The van der Waals surface area contributed by atoms with Crippen LogP contribution in [0.1, 0.15) is 101 Å². The maximum atomic E-state index is 12.9. The molecule has 10 heterocycles. The van der Waals surface area contributed by atoms with Gasteiger partial charge in [0.2, 0.25) is 0 Å². The molecule has 0 atom stereocenters. The lowest BCUT2D eigenvalue weighted by molar-refractivity contribution is 0.0894. The summed E-state index contributed by atoms with van der Waals surface area (Å²) in [5.41, 5.74) is 3.10. The molecular formula is C80H78N4O15. The normalized spacial score (nSPS) is 16.3. The SMILES string of the molecule is CCCC1CCN(Cc2c(O)ccc3c(-c4cc5ccccc5oc4=O)cc(=O)oc23)CC1.O=c1cc(-c2cc3ccccc3oc2=O)c2ccc(O)c(CN3CCC(N4CCCCC4)CC3)c2o1.O=c1cc(-c2cc3ccccc3oc2=O)c2ccc(O)c(CN3CCCCC3)c2o1. The molecule has 99 heavy (non-hydrogen) atoms. The zero-order valence-electron chi connectivity index (χ0n) is 55.3. The van der Waals surface area contributed by atoms with Crippen LogP contribution in [0.2, 0.25) is 0 Å². The van der Waals surface area contributed by atoms with Gasteiger partial charge >= 0.3 is 33.8 Å². The third-order valence-corrected chi connectivity index (χ3v) is 20.2. The van der Waals surface area contributed by atoms with Gasteiger partial charge in [-0.1, -0.05) is 87.2 Å². The van der Waals surface area contributed by atoms with Crippen molar-refractivity contribution in [2.75, 3.05) is 52.4 Å². The molecule has 4 aliphatic heterocycles. The number of hydrogen-bond donors (Lipinski definition) is 3. The van der Waals surface area contributed by atoms with E-state index in [9.17, 15) is 44.1 Å². The number of aromatic hydroxyl groups is 3. The third-order valence-electron chi connectivity index (χ3n) is 20.2. The molecule has 508 valence electrons. The molecule has 0 radical (unpaired) electrons. The molecule has 0 saturated carbocycles. The van der Waals surface area contributed by atoms with Crippen LogP contribution in [-0.4, -0.2) is 93.3 Å². The lowest BCUT2D eigenvalue weighted by atomic mass is 9.92. The zero-order valence-corrected chi connectivity index (χ0v) is 55.3. The van der Waals surface area contributed by atoms with Crippen molar-refractivity contribution in [1.29, 1.82) is 0 Å². The van der Waals surface area contributed by atoms with Crippen LogP contribution in [0.4, 0.5) is 0 Å². The monoisotopic (exact) mass is 1330 g/mol. The van der Waals surface area contributed by atoms with Gasteiger partial charge in [0.15, 0.2) is 0 Å². The van der Waals surface area contributed by atoms with Crippen molar-refractivity contribution in [3.63, 3.8) is 0 Å². The first-order chi connectivity index (χ1) is 48.2. The number of rotatable bonds is 12. The highest BCUT2D eigenvalue weighted by Crippen LogP contribution is 2.39. The molecule has 0 bridgehead atoms. The Morgan fingerprint density at radius 2 is 0.697 bits per heavy atom. The quantitative estimate of drug-likeness (QED) is 0.0961. The number of phenols is 3. The van der Waals surface area contributed by atoms with Crippen molar-refractivity contribution in [2.45, 2.75) is 110 Å². The fourth-order valence-electron chi connectivity index (χ4n) is 15.0. The van der Waals surface area contributed by atoms with Crippen molar-refractivity contribution in [1.82, 2.24) is 19.6 Å². The molecule has 0 unspecified atom stereocenters. The van der Waals surface area contributed by atoms with E-state index in [1.54, 1.807) is 84.9 Å². The first-order valence-corrected chi connectivity index (χ1v) is 34.6. The number of likely N-dealkylation sites (tertiary alicyclic amines) is 4. The van der Waals surface area contributed by atoms with Crippen molar-refractivity contribution < 1.29 is 41.8 Å². The highest BCUT2D eigenvalue weighted by atomic mass is 16.4. The minimum absolute atomic E-state index is 0.0823. The van der Waals surface area contributed by atoms with E-state index in [0.29, 0.717) is 125 Å². The highest BCUT2D eigenvalue weighted by molar-refractivity contribution is 5.99. The summed E-state index contributed by atoms with van der Waals surface area (Å²) in [5, 5.41) is 36.0. The molecule has 19 nitrogen and oxygen atoms in total. The number of nitrogens with zero attached hydrogens (tertiary/aromatic N) is 4. The molecule has 4 saturated heterocycles. The standard InChI is InChI=1S/C29H30N2O5.C27H27NO5.C24H21NO5/c32-25-9-8-21-22(23-16-19-6-2-3-7-26(19)35-29(23)34)17-27(33)36-28(21)24(25)18-30-14-10-20(11-15-30)31-12-4-1-5-13-31;1-2-5-17-10-12-28(13-11-17)16-22-23(29)9-8-19-20(15-25(30)33-26(19)22)21-14-18-6-3-4-7-24(18)32-27(21)31;26-20-9-8-16-17(18-12-15-6-2-3-7-21(15)29-24(18)28)13-22(27)30-23(16)19(20)14-25-10-4-1-5-11-25/h2-3,6-9,16-17,20,32H,1,4-5,10-15,18H2;3-4,6-9,14-15,17,29H,2,5,10-13,16H2,1H3;2-3,6-9,12-13,26H,1,4-5,10-11,14H2. The minimum Gasteiger partial charge on any atom is -0.507 e. The highest BCUT2D eigenvalue weighted by Gasteiger charge is 2.29. The Hall–Kier alpha value is -10.2. The Bertz CT molecular complexity index is 5370. The maximum Gasteiger partial charge on any atom is 0.344 e. The largest absolute Gasteiger partial charge is 0.507 e. The van der Waals surface area contributed by atoms with E-state index in [2.05, 4.69) is 26.5 Å². The molecule has 12 aromatic rings. The number of benzene rings is 6. The molecule has 3 N–H and O–H groups in total. The smallest absolute Gasteiger partial charge is 0.344 e. The maximum absolute atomic E-state index is 12.9. The molecule has 0 aliphatic carbocycles. The average Bonchev–Trinajstić information content (AvgIpc) is 0.772. The molecule has 19 heteroatoms. The first-order valence-electron chi connectivity index (χ1n) is 34.6. The van der Waals surface area contributed by atoms with Gasteiger partial charge in [0.25, 0.3) is 0 Å². The van der Waals surface area contributed by atoms with Crippen LogP contribution < -0.4 is 33.8 Å². The van der Waals surface area contributed by atoms with Gasteiger partial charge in [-0.25, -0.2) is 28.8 Å². The predicted octanol–water partition coefficient (Wildman–Crippen LogP) is 14.3. The van der Waals surface area contributed by atoms with Crippen LogP contribution in [0.5, 0.6) is 17.2 Å². The fourth-order valence-corrected chi connectivity index (χ4v) is 15.0. The van der Waals surface area contributed by atoms with Gasteiger partial charge in [0, 0.05) is 92.9 Å². The fraction of sp³-hybridized carbons (Fsp3) is 0.325. The average molecular weight is 1340 g/mol. The van der Waals surface area contributed by atoms with Gasteiger partial charge in [0.05, 0.1) is 33.4 Å². The lowest BCUT2D eigenvalue weighted by Gasteiger charge is -2.40. The summed E-state index contributed by atoms with van der Waals surface area (Å²) < 4.78 is 33.2. The molecule has 0 amide bonds. The van der Waals surface area contributed by atoms with Crippen LogP contribution in [0.15, 0.2) is 201 Å². The number of fused-ring (bicyclic) bond motifs is 6. The van der Waals surface area contributed by atoms with E-state index >= 15 is 0 Å². The van der Waals surface area contributed by atoms with E-state index in [4.69, 9.17) is 26.5 Å². The molecule has 6 aromatic carbocycles. The minimum atomic E-state index is -0.574. The summed E-state index contributed by atoms with van der Waals surface area (Å²) in [4.78, 5) is 85.4. The number of phenolic OH excluding ortho intramolecular Hbond substituents is 3. The molecule has 6 aromatic heterocycles. The number of piperidine rings is 4. The molecule has 16 rings (SSSR count). The van der Waals surface area contributed by atoms with E-state index in [-0.39, 0.29) is 17.2 Å². The van der Waals surface area contributed by atoms with E-state index in [0.717, 1.165) is 99.9 Å². The van der Waals surface area contributed by atoms with Gasteiger partial charge in [-0.05, 0) is 182 Å². The zero-order chi connectivity index (χ0) is 68.3. The molecule has 4 fully saturated rings. The third kappa shape index (κ3) is 14.3. The predicted molar refractivity (Wildman–Crippen MR) is 383 cm³/mol. The Morgan fingerprint density at radius 1 is 0.364 bits per heavy atom. The van der Waals surface area contributed by atoms with Crippen molar-refractivity contribution in [3.8, 4) is 50.6 Å². The van der Waals surface area contributed by atoms with E-state index < -0.39 is 33.8 Å². The van der Waals surface area contributed by atoms with Gasteiger partial charge < -0.3 is 46.7 Å². The Balaban J connectivity index is 0.000000127. The summed E-state index contributed by atoms with van der Waals surface area (Å²) in [5.74, 6) is 1.01. The van der Waals surface area contributed by atoms with Crippen LogP contribution >= 0.6 is 0 Å². The number of hydrogen-bond acceptors (Lipinski definition) is 19. The van der Waals surface area contributed by atoms with Crippen LogP contribution in [-0.2, 0) is 19.6 Å².